The molecular formula is C25H28N4O4. The minimum atomic E-state index is -0.644. The third kappa shape index (κ3) is 4.04. The Balaban J connectivity index is 1.94. The first-order chi connectivity index (χ1) is 15.6. The number of esters is 1. The molecule has 0 radical (unpaired) electrons. The number of carbonyl (C=O) groups is 2. The van der Waals surface area contributed by atoms with Crippen molar-refractivity contribution in [1.82, 2.24) is 14.1 Å². The second-order valence-corrected chi connectivity index (χ2v) is 8.80. The van der Waals surface area contributed by atoms with Gasteiger partial charge < -0.3 is 18.6 Å². The molecule has 2 aromatic heterocycles. The van der Waals surface area contributed by atoms with Crippen LogP contribution in [0.5, 0.6) is 0 Å². The highest BCUT2D eigenvalue weighted by atomic mass is 16.6. The van der Waals surface area contributed by atoms with Crippen LogP contribution < -0.4 is 5.32 Å². The Bertz CT molecular complexity index is 1370. The van der Waals surface area contributed by atoms with Gasteiger partial charge in [-0.3, -0.25) is 5.32 Å². The van der Waals surface area contributed by atoms with Gasteiger partial charge in [0, 0.05) is 24.5 Å². The number of fused-ring (bicyclic) bond motifs is 2. The Labute approximate surface area is 192 Å². The summed E-state index contributed by atoms with van der Waals surface area (Å²) in [5.41, 5.74) is 3.23. The van der Waals surface area contributed by atoms with Gasteiger partial charge in [0.25, 0.3) is 0 Å². The molecule has 0 aliphatic heterocycles. The maximum absolute atomic E-state index is 12.5. The molecule has 1 N–H and O–H groups in total. The average Bonchev–Trinajstić information content (AvgIpc) is 3.29. The number of carbonyl (C=O) groups excluding carboxylic acids is 2. The molecule has 0 aliphatic carbocycles. The molecule has 0 spiro atoms. The van der Waals surface area contributed by atoms with Crippen LogP contribution in [-0.4, -0.2) is 38.9 Å². The molecule has 33 heavy (non-hydrogen) atoms. The highest BCUT2D eigenvalue weighted by Crippen LogP contribution is 2.34. The van der Waals surface area contributed by atoms with E-state index in [1.54, 1.807) is 32.9 Å². The molecule has 4 aromatic rings. The second kappa shape index (κ2) is 8.27. The molecule has 2 aromatic carbocycles. The van der Waals surface area contributed by atoms with Gasteiger partial charge in [-0.15, -0.1) is 0 Å². The molecule has 1 amide bonds. The predicted octanol–water partition coefficient (Wildman–Crippen LogP) is 5.35. The summed E-state index contributed by atoms with van der Waals surface area (Å²) in [4.78, 5) is 29.8. The highest BCUT2D eigenvalue weighted by Gasteiger charge is 2.24. The smallest absolute Gasteiger partial charge is 0.412 e. The number of amides is 1. The van der Waals surface area contributed by atoms with Crippen molar-refractivity contribution in [3.05, 3.63) is 48.0 Å². The number of benzene rings is 2. The van der Waals surface area contributed by atoms with Gasteiger partial charge in [0.1, 0.15) is 11.1 Å². The summed E-state index contributed by atoms with van der Waals surface area (Å²) in [6.07, 6.45) is -0.583. The van der Waals surface area contributed by atoms with E-state index in [1.807, 2.05) is 23.7 Å². The van der Waals surface area contributed by atoms with Gasteiger partial charge in [-0.2, -0.15) is 0 Å². The second-order valence-electron chi connectivity index (χ2n) is 8.80. The number of imidazole rings is 1. The van der Waals surface area contributed by atoms with E-state index in [4.69, 9.17) is 14.5 Å². The van der Waals surface area contributed by atoms with E-state index in [1.165, 1.54) is 7.11 Å². The van der Waals surface area contributed by atoms with Gasteiger partial charge in [0.15, 0.2) is 5.82 Å². The molecule has 8 nitrogen and oxygen atoms in total. The Hall–Kier alpha value is -3.81. The number of rotatable bonds is 4. The van der Waals surface area contributed by atoms with E-state index in [-0.39, 0.29) is 0 Å². The summed E-state index contributed by atoms with van der Waals surface area (Å²) in [5.74, 6) is 0.177. The van der Waals surface area contributed by atoms with Crippen LogP contribution in [-0.2, 0) is 23.1 Å². The molecule has 0 saturated heterocycles. The van der Waals surface area contributed by atoms with Crippen LogP contribution in [0.15, 0.2) is 42.5 Å². The zero-order chi connectivity index (χ0) is 23.9. The SMILES string of the molecule is CCn1c(-c2nc3c(C(=O)OC)ccc(NC(=O)OC(C)(C)C)c3n2C)cc2ccccc21. The van der Waals surface area contributed by atoms with Gasteiger partial charge in [-0.05, 0) is 52.0 Å². The number of hydrogen-bond donors (Lipinski definition) is 1. The van der Waals surface area contributed by atoms with Crippen LogP contribution in [0.3, 0.4) is 0 Å². The molecule has 2 heterocycles. The normalized spacial score (nSPS) is 11.7. The Kier molecular flexibility index (Phi) is 5.61. The Morgan fingerprint density at radius 2 is 1.85 bits per heavy atom. The standard InChI is InChI=1S/C25H28N4O4/c1-7-29-18-11-9-8-10-15(18)14-19(29)22-27-20-16(23(30)32-6)12-13-17(21(20)28(22)5)26-24(31)33-25(2,3)4/h8-14H,7H2,1-6H3,(H,26,31). The fourth-order valence-electron chi connectivity index (χ4n) is 4.07. The van der Waals surface area contributed by atoms with Crippen molar-refractivity contribution < 1.29 is 19.1 Å². The van der Waals surface area contributed by atoms with Gasteiger partial charge in [0.2, 0.25) is 0 Å². The molecule has 0 fully saturated rings. The molecule has 0 saturated carbocycles. The van der Waals surface area contributed by atoms with Gasteiger partial charge in [-0.1, -0.05) is 18.2 Å². The molecule has 0 unspecified atom stereocenters. The summed E-state index contributed by atoms with van der Waals surface area (Å²) < 4.78 is 14.5. The number of para-hydroxylation sites is 1. The monoisotopic (exact) mass is 448 g/mol. The minimum Gasteiger partial charge on any atom is -0.465 e. The summed E-state index contributed by atoms with van der Waals surface area (Å²) in [6.45, 7) is 8.23. The molecule has 8 heteroatoms. The lowest BCUT2D eigenvalue weighted by Crippen LogP contribution is -2.27. The third-order valence-corrected chi connectivity index (χ3v) is 5.42. The lowest BCUT2D eigenvalue weighted by atomic mass is 10.1. The summed E-state index contributed by atoms with van der Waals surface area (Å²) in [5, 5.41) is 3.90. The van der Waals surface area contributed by atoms with Crippen LogP contribution in [0.2, 0.25) is 0 Å². The lowest BCUT2D eigenvalue weighted by molar-refractivity contribution is 0.0600. The number of aromatic nitrogens is 3. The van der Waals surface area contributed by atoms with E-state index in [9.17, 15) is 9.59 Å². The number of anilines is 1. The van der Waals surface area contributed by atoms with E-state index >= 15 is 0 Å². The van der Waals surface area contributed by atoms with E-state index < -0.39 is 17.7 Å². The highest BCUT2D eigenvalue weighted by molar-refractivity contribution is 6.08. The number of nitrogens with one attached hydrogen (secondary N) is 1. The third-order valence-electron chi connectivity index (χ3n) is 5.42. The number of nitrogens with zero attached hydrogens (tertiary/aromatic N) is 3. The van der Waals surface area contributed by atoms with Crippen LogP contribution in [0.25, 0.3) is 33.5 Å². The minimum absolute atomic E-state index is 0.322. The fourth-order valence-corrected chi connectivity index (χ4v) is 4.07. The van der Waals surface area contributed by atoms with Gasteiger partial charge in [0.05, 0.1) is 29.6 Å². The van der Waals surface area contributed by atoms with Crippen molar-refractivity contribution in [3.8, 4) is 11.5 Å². The summed E-state index contributed by atoms with van der Waals surface area (Å²) in [7, 11) is 3.20. The Morgan fingerprint density at radius 1 is 1.12 bits per heavy atom. The zero-order valence-corrected chi connectivity index (χ0v) is 19.7. The summed E-state index contributed by atoms with van der Waals surface area (Å²) >= 11 is 0. The maximum atomic E-state index is 12.5. The van der Waals surface area contributed by atoms with Crippen LogP contribution >= 0.6 is 0 Å². The van der Waals surface area contributed by atoms with Crippen molar-refractivity contribution in [2.75, 3.05) is 12.4 Å². The van der Waals surface area contributed by atoms with Crippen LogP contribution in [0.1, 0.15) is 38.1 Å². The maximum Gasteiger partial charge on any atom is 0.412 e. The molecule has 4 rings (SSSR count). The number of methoxy groups -OCH3 is 1. The van der Waals surface area contributed by atoms with Crippen molar-refractivity contribution in [2.24, 2.45) is 7.05 Å². The average molecular weight is 449 g/mol. The number of hydrogen-bond acceptors (Lipinski definition) is 5. The molecule has 172 valence electrons. The van der Waals surface area contributed by atoms with Crippen molar-refractivity contribution in [2.45, 2.75) is 39.8 Å². The zero-order valence-electron chi connectivity index (χ0n) is 19.7. The van der Waals surface area contributed by atoms with Crippen LogP contribution in [0.4, 0.5) is 10.5 Å². The van der Waals surface area contributed by atoms with Gasteiger partial charge in [-0.25, -0.2) is 14.6 Å². The van der Waals surface area contributed by atoms with Gasteiger partial charge >= 0.3 is 12.1 Å². The summed E-state index contributed by atoms with van der Waals surface area (Å²) in [6, 6.07) is 13.5. The first kappa shape index (κ1) is 22.4. The predicted molar refractivity (Wildman–Crippen MR) is 129 cm³/mol. The first-order valence-electron chi connectivity index (χ1n) is 10.8. The largest absolute Gasteiger partial charge is 0.465 e. The molecule has 0 aliphatic rings. The molecular weight excluding hydrogens is 420 g/mol. The molecule has 0 atom stereocenters. The first-order valence-corrected chi connectivity index (χ1v) is 10.8. The molecule has 0 bridgehead atoms. The number of aryl methyl sites for hydroxylation is 2. The van der Waals surface area contributed by atoms with Crippen molar-refractivity contribution >= 4 is 39.7 Å². The van der Waals surface area contributed by atoms with E-state index in [2.05, 4.69) is 35.0 Å². The van der Waals surface area contributed by atoms with Crippen molar-refractivity contribution in [3.63, 3.8) is 0 Å². The van der Waals surface area contributed by atoms with E-state index in [0.29, 0.717) is 28.1 Å². The quantitative estimate of drug-likeness (QED) is 0.425. The Morgan fingerprint density at radius 3 is 2.52 bits per heavy atom. The van der Waals surface area contributed by atoms with Crippen LogP contribution in [0, 0.1) is 0 Å². The van der Waals surface area contributed by atoms with Crippen molar-refractivity contribution in [1.29, 1.82) is 0 Å². The fraction of sp³-hybridized carbons (Fsp3) is 0.320. The number of ether oxygens (including phenoxy) is 2. The lowest BCUT2D eigenvalue weighted by Gasteiger charge is -2.20. The van der Waals surface area contributed by atoms with E-state index in [0.717, 1.165) is 23.1 Å². The topological polar surface area (TPSA) is 87.4 Å².